The second-order valence-corrected chi connectivity index (χ2v) is 6.31. The molecule has 0 spiro atoms. The SMILES string of the molecule is Cc1cc(Br)sc1C(=O)NCc1cccc(F)c1. The number of carbonyl (C=O) groups is 1. The maximum atomic E-state index is 13.0. The van der Waals surface area contributed by atoms with Gasteiger partial charge in [0.1, 0.15) is 5.82 Å². The van der Waals surface area contributed by atoms with Crippen LogP contribution < -0.4 is 5.32 Å². The van der Waals surface area contributed by atoms with Crippen LogP contribution in [0.15, 0.2) is 34.1 Å². The summed E-state index contributed by atoms with van der Waals surface area (Å²) in [6.07, 6.45) is 0. The number of rotatable bonds is 3. The van der Waals surface area contributed by atoms with Gasteiger partial charge in [-0.25, -0.2) is 4.39 Å². The fourth-order valence-electron chi connectivity index (χ4n) is 1.58. The molecular weight excluding hydrogens is 317 g/mol. The van der Waals surface area contributed by atoms with Crippen molar-refractivity contribution in [3.05, 3.63) is 55.9 Å². The monoisotopic (exact) mass is 327 g/mol. The van der Waals surface area contributed by atoms with Gasteiger partial charge in [0.2, 0.25) is 0 Å². The lowest BCUT2D eigenvalue weighted by Crippen LogP contribution is -2.22. The van der Waals surface area contributed by atoms with Gasteiger partial charge in [-0.15, -0.1) is 11.3 Å². The summed E-state index contributed by atoms with van der Waals surface area (Å²) in [4.78, 5) is 12.6. The predicted molar refractivity (Wildman–Crippen MR) is 74.3 cm³/mol. The molecule has 2 nitrogen and oxygen atoms in total. The fourth-order valence-corrected chi connectivity index (χ4v) is 3.22. The Hall–Kier alpha value is -1.20. The molecule has 94 valence electrons. The summed E-state index contributed by atoms with van der Waals surface area (Å²) in [7, 11) is 0. The fraction of sp³-hybridized carbons (Fsp3) is 0.154. The highest BCUT2D eigenvalue weighted by molar-refractivity contribution is 9.11. The first-order chi connectivity index (χ1) is 8.56. The molecule has 0 radical (unpaired) electrons. The van der Waals surface area contributed by atoms with Crippen LogP contribution in [-0.2, 0) is 6.54 Å². The molecule has 0 atom stereocenters. The van der Waals surface area contributed by atoms with Crippen LogP contribution in [-0.4, -0.2) is 5.91 Å². The van der Waals surface area contributed by atoms with Gasteiger partial charge in [0.25, 0.3) is 5.91 Å². The lowest BCUT2D eigenvalue weighted by molar-refractivity contribution is 0.0954. The third kappa shape index (κ3) is 3.17. The minimum atomic E-state index is -0.295. The smallest absolute Gasteiger partial charge is 0.261 e. The van der Waals surface area contributed by atoms with Crippen LogP contribution in [0.5, 0.6) is 0 Å². The highest BCUT2D eigenvalue weighted by Gasteiger charge is 2.12. The molecule has 0 saturated carbocycles. The van der Waals surface area contributed by atoms with E-state index < -0.39 is 0 Å². The molecule has 0 aliphatic rings. The number of hydrogen-bond acceptors (Lipinski definition) is 2. The van der Waals surface area contributed by atoms with Crippen LogP contribution in [0, 0.1) is 12.7 Å². The number of nitrogens with one attached hydrogen (secondary N) is 1. The number of thiophene rings is 1. The Balaban J connectivity index is 2.03. The zero-order chi connectivity index (χ0) is 13.1. The Kier molecular flexibility index (Phi) is 4.14. The molecule has 0 fully saturated rings. The maximum Gasteiger partial charge on any atom is 0.261 e. The first-order valence-corrected chi connectivity index (χ1v) is 6.96. The summed E-state index contributed by atoms with van der Waals surface area (Å²) in [6.45, 7) is 2.21. The van der Waals surface area contributed by atoms with Gasteiger partial charge in [0, 0.05) is 6.54 Å². The Morgan fingerprint density at radius 1 is 1.44 bits per heavy atom. The zero-order valence-electron chi connectivity index (χ0n) is 9.67. The van der Waals surface area contributed by atoms with E-state index in [1.165, 1.54) is 23.5 Å². The number of amides is 1. The number of aryl methyl sites for hydroxylation is 1. The zero-order valence-corrected chi connectivity index (χ0v) is 12.1. The van der Waals surface area contributed by atoms with E-state index in [2.05, 4.69) is 21.2 Å². The molecule has 18 heavy (non-hydrogen) atoms. The lowest BCUT2D eigenvalue weighted by atomic mass is 10.2. The molecule has 2 rings (SSSR count). The van der Waals surface area contributed by atoms with Crippen LogP contribution in [0.3, 0.4) is 0 Å². The van der Waals surface area contributed by atoms with Gasteiger partial charge in [0.05, 0.1) is 8.66 Å². The van der Waals surface area contributed by atoms with Gasteiger partial charge in [-0.1, -0.05) is 12.1 Å². The predicted octanol–water partition coefficient (Wildman–Crippen LogP) is 3.89. The van der Waals surface area contributed by atoms with E-state index in [0.29, 0.717) is 11.4 Å². The van der Waals surface area contributed by atoms with E-state index in [0.717, 1.165) is 14.9 Å². The van der Waals surface area contributed by atoms with Crippen LogP contribution in [0.25, 0.3) is 0 Å². The van der Waals surface area contributed by atoms with Crippen LogP contribution >= 0.6 is 27.3 Å². The van der Waals surface area contributed by atoms with Crippen molar-refractivity contribution in [3.63, 3.8) is 0 Å². The van der Waals surface area contributed by atoms with E-state index in [1.54, 1.807) is 12.1 Å². The standard InChI is InChI=1S/C13H11BrFNOS/c1-8-5-11(14)18-12(8)13(17)16-7-9-3-2-4-10(15)6-9/h2-6H,7H2,1H3,(H,16,17). The van der Waals surface area contributed by atoms with Gasteiger partial charge in [-0.05, 0) is 52.2 Å². The van der Waals surface area contributed by atoms with Crippen molar-refractivity contribution in [2.24, 2.45) is 0 Å². The number of carbonyl (C=O) groups excluding carboxylic acids is 1. The largest absolute Gasteiger partial charge is 0.347 e. The number of benzene rings is 1. The van der Waals surface area contributed by atoms with Crippen molar-refractivity contribution in [2.75, 3.05) is 0 Å². The van der Waals surface area contributed by atoms with Crippen LogP contribution in [0.1, 0.15) is 20.8 Å². The quantitative estimate of drug-likeness (QED) is 0.910. The lowest BCUT2D eigenvalue weighted by Gasteiger charge is -2.04. The van der Waals surface area contributed by atoms with Crippen molar-refractivity contribution in [1.82, 2.24) is 5.32 Å². The molecule has 1 aromatic heterocycles. The van der Waals surface area contributed by atoms with Crippen molar-refractivity contribution < 1.29 is 9.18 Å². The third-order valence-corrected chi connectivity index (χ3v) is 4.17. The average Bonchev–Trinajstić information content (AvgIpc) is 2.66. The van der Waals surface area contributed by atoms with E-state index in [1.807, 2.05) is 13.0 Å². The van der Waals surface area contributed by atoms with Crippen molar-refractivity contribution in [1.29, 1.82) is 0 Å². The molecule has 0 aliphatic heterocycles. The van der Waals surface area contributed by atoms with Gasteiger partial charge >= 0.3 is 0 Å². The van der Waals surface area contributed by atoms with Crippen molar-refractivity contribution in [2.45, 2.75) is 13.5 Å². The second-order valence-electron chi connectivity index (χ2n) is 3.88. The molecule has 1 aromatic carbocycles. The average molecular weight is 328 g/mol. The Morgan fingerprint density at radius 2 is 2.22 bits per heavy atom. The summed E-state index contributed by atoms with van der Waals surface area (Å²) >= 11 is 4.74. The molecular formula is C13H11BrFNOS. The van der Waals surface area contributed by atoms with Gasteiger partial charge in [0.15, 0.2) is 0 Å². The third-order valence-electron chi connectivity index (χ3n) is 2.44. The highest BCUT2D eigenvalue weighted by atomic mass is 79.9. The van der Waals surface area contributed by atoms with Crippen molar-refractivity contribution >= 4 is 33.2 Å². The van der Waals surface area contributed by atoms with Gasteiger partial charge < -0.3 is 5.32 Å². The minimum Gasteiger partial charge on any atom is -0.347 e. The molecule has 0 aliphatic carbocycles. The van der Waals surface area contributed by atoms with E-state index in [9.17, 15) is 9.18 Å². The molecule has 0 bridgehead atoms. The Labute approximate surface area is 117 Å². The maximum absolute atomic E-state index is 13.0. The molecule has 1 amide bonds. The van der Waals surface area contributed by atoms with E-state index >= 15 is 0 Å². The highest BCUT2D eigenvalue weighted by Crippen LogP contribution is 2.26. The van der Waals surface area contributed by atoms with Gasteiger partial charge in [-0.3, -0.25) is 4.79 Å². The molecule has 1 heterocycles. The first kappa shape index (κ1) is 13.2. The molecule has 2 aromatic rings. The summed E-state index contributed by atoms with van der Waals surface area (Å²) < 4.78 is 13.9. The Morgan fingerprint density at radius 3 is 2.83 bits per heavy atom. The summed E-state index contributed by atoms with van der Waals surface area (Å²) in [6, 6.07) is 8.11. The number of halogens is 2. The van der Waals surface area contributed by atoms with E-state index in [-0.39, 0.29) is 11.7 Å². The first-order valence-electron chi connectivity index (χ1n) is 5.35. The normalized spacial score (nSPS) is 10.4. The van der Waals surface area contributed by atoms with Gasteiger partial charge in [-0.2, -0.15) is 0 Å². The molecule has 5 heteroatoms. The Bertz CT molecular complexity index is 582. The topological polar surface area (TPSA) is 29.1 Å². The molecule has 0 unspecified atom stereocenters. The minimum absolute atomic E-state index is 0.132. The summed E-state index contributed by atoms with van der Waals surface area (Å²) in [5, 5.41) is 2.78. The summed E-state index contributed by atoms with van der Waals surface area (Å²) in [5.41, 5.74) is 1.68. The molecule has 1 N–H and O–H groups in total. The summed E-state index contributed by atoms with van der Waals surface area (Å²) in [5.74, 6) is -0.427. The number of hydrogen-bond donors (Lipinski definition) is 1. The van der Waals surface area contributed by atoms with Crippen LogP contribution in [0.2, 0.25) is 0 Å². The van der Waals surface area contributed by atoms with E-state index in [4.69, 9.17) is 0 Å². The molecule has 0 saturated heterocycles. The second kappa shape index (κ2) is 5.63. The van der Waals surface area contributed by atoms with Crippen LogP contribution in [0.4, 0.5) is 4.39 Å². The van der Waals surface area contributed by atoms with Crippen molar-refractivity contribution in [3.8, 4) is 0 Å².